The van der Waals surface area contributed by atoms with Crippen LogP contribution in [0.3, 0.4) is 0 Å². The molecule has 0 aliphatic heterocycles. The Kier molecular flexibility index (Phi) is 9.31. The van der Waals surface area contributed by atoms with Crippen molar-refractivity contribution in [3.8, 4) is 0 Å². The number of nitrogens with zero attached hydrogens (tertiary/aromatic N) is 2. The highest BCUT2D eigenvalue weighted by molar-refractivity contribution is 5.72. The molecule has 0 aliphatic carbocycles. The Hall–Kier alpha value is -0.920. The lowest BCUT2D eigenvalue weighted by Gasteiger charge is -1.92. The molecule has 0 N–H and O–H groups in total. The summed E-state index contributed by atoms with van der Waals surface area (Å²) in [6, 6.07) is 0. The van der Waals surface area contributed by atoms with E-state index in [0.717, 1.165) is 6.42 Å². The molecule has 0 aromatic heterocycles. The largest absolute Gasteiger partial charge is 0.249 e. The Bertz CT molecular complexity index is 148. The molecular weight excluding hydrogens is 148 g/mol. The van der Waals surface area contributed by atoms with Crippen LogP contribution in [-0.4, -0.2) is 12.6 Å². The van der Waals surface area contributed by atoms with Gasteiger partial charge in [-0.2, -0.15) is 0 Å². The molecule has 0 rings (SSSR count). The van der Waals surface area contributed by atoms with E-state index in [1.54, 1.807) is 0 Å². The van der Waals surface area contributed by atoms with Gasteiger partial charge in [-0.05, 0) is 12.8 Å². The molecule has 0 fully saturated rings. The van der Waals surface area contributed by atoms with E-state index < -0.39 is 0 Å². The molecule has 0 atom stereocenters. The first-order valence-electron chi connectivity index (χ1n) is 4.56. The van der Waals surface area contributed by atoms with Crippen LogP contribution in [0.15, 0.2) is 22.8 Å². The summed E-state index contributed by atoms with van der Waals surface area (Å²) in [6.45, 7) is 5.66. The molecule has 0 aromatic carbocycles. The first kappa shape index (κ1) is 11.1. The maximum absolute atomic E-state index is 3.97. The second-order valence-corrected chi connectivity index (χ2v) is 2.63. The molecule has 2 heteroatoms. The zero-order valence-corrected chi connectivity index (χ0v) is 7.87. The summed E-state index contributed by atoms with van der Waals surface area (Å²) in [5.74, 6) is 0. The van der Waals surface area contributed by atoms with E-state index >= 15 is 0 Å². The fourth-order valence-corrected chi connectivity index (χ4v) is 0.870. The van der Waals surface area contributed by atoms with E-state index in [1.165, 1.54) is 38.2 Å². The average molecular weight is 166 g/mol. The Morgan fingerprint density at radius 3 is 2.67 bits per heavy atom. The van der Waals surface area contributed by atoms with Gasteiger partial charge in [0.15, 0.2) is 0 Å². The zero-order chi connectivity index (χ0) is 9.07. The number of unbranched alkanes of at least 4 members (excludes halogenated alkanes) is 4. The highest BCUT2D eigenvalue weighted by Gasteiger charge is 1.83. The van der Waals surface area contributed by atoms with Crippen molar-refractivity contribution in [2.24, 2.45) is 9.98 Å². The molecule has 0 heterocycles. The van der Waals surface area contributed by atoms with Crippen LogP contribution in [0.25, 0.3) is 0 Å². The van der Waals surface area contributed by atoms with Gasteiger partial charge in [0.05, 0.1) is 0 Å². The van der Waals surface area contributed by atoms with E-state index in [4.69, 9.17) is 0 Å². The highest BCUT2D eigenvalue weighted by Crippen LogP contribution is 2.00. The number of hydrogen-bond donors (Lipinski definition) is 0. The number of rotatable bonds is 7. The van der Waals surface area contributed by atoms with Crippen LogP contribution in [0.4, 0.5) is 0 Å². The maximum atomic E-state index is 3.97. The second kappa shape index (κ2) is 10.1. The third-order valence-electron chi connectivity index (χ3n) is 1.53. The molecule has 0 saturated heterocycles. The van der Waals surface area contributed by atoms with Gasteiger partial charge < -0.3 is 0 Å². The Morgan fingerprint density at radius 2 is 2.00 bits per heavy atom. The minimum absolute atomic E-state index is 1.06. The summed E-state index contributed by atoms with van der Waals surface area (Å²) in [7, 11) is 0. The van der Waals surface area contributed by atoms with Gasteiger partial charge in [-0.15, -0.1) is 0 Å². The van der Waals surface area contributed by atoms with E-state index in [-0.39, 0.29) is 0 Å². The van der Waals surface area contributed by atoms with Crippen LogP contribution in [-0.2, 0) is 0 Å². The summed E-state index contributed by atoms with van der Waals surface area (Å²) in [4.78, 5) is 7.72. The van der Waals surface area contributed by atoms with Crippen molar-refractivity contribution in [2.75, 3.05) is 0 Å². The Balaban J connectivity index is 3.13. The smallest absolute Gasteiger partial charge is 0.114 e. The fraction of sp³-hybridized carbons (Fsp3) is 0.600. The maximum Gasteiger partial charge on any atom is 0.114 e. The van der Waals surface area contributed by atoms with Crippen LogP contribution >= 0.6 is 0 Å². The molecule has 0 radical (unpaired) electrons. The summed E-state index contributed by atoms with van der Waals surface area (Å²) in [5.41, 5.74) is 0. The van der Waals surface area contributed by atoms with Crippen molar-refractivity contribution in [1.29, 1.82) is 0 Å². The average Bonchev–Trinajstić information content (AvgIpc) is 2.10. The van der Waals surface area contributed by atoms with E-state index in [2.05, 4.69) is 23.5 Å². The second-order valence-electron chi connectivity index (χ2n) is 2.63. The SMILES string of the molecule is C=CN=CN=CCCCCCC. The number of hydrogen-bond acceptors (Lipinski definition) is 1. The predicted molar refractivity (Wildman–Crippen MR) is 55.9 cm³/mol. The van der Waals surface area contributed by atoms with Crippen molar-refractivity contribution < 1.29 is 0 Å². The first-order valence-corrected chi connectivity index (χ1v) is 4.56. The van der Waals surface area contributed by atoms with Gasteiger partial charge in [-0.3, -0.25) is 0 Å². The van der Waals surface area contributed by atoms with E-state index in [9.17, 15) is 0 Å². The zero-order valence-electron chi connectivity index (χ0n) is 7.87. The highest BCUT2D eigenvalue weighted by atomic mass is 14.8. The first-order chi connectivity index (χ1) is 5.91. The van der Waals surface area contributed by atoms with Crippen LogP contribution in [0, 0.1) is 0 Å². The van der Waals surface area contributed by atoms with Crippen LogP contribution < -0.4 is 0 Å². The van der Waals surface area contributed by atoms with Gasteiger partial charge in [0.25, 0.3) is 0 Å². The number of aliphatic imine (C=N–C) groups is 2. The van der Waals surface area contributed by atoms with Crippen molar-refractivity contribution >= 4 is 12.6 Å². The van der Waals surface area contributed by atoms with E-state index in [0.29, 0.717) is 0 Å². The Morgan fingerprint density at radius 1 is 1.17 bits per heavy atom. The van der Waals surface area contributed by atoms with Gasteiger partial charge in [0.2, 0.25) is 0 Å². The van der Waals surface area contributed by atoms with Crippen molar-refractivity contribution in [3.05, 3.63) is 12.8 Å². The van der Waals surface area contributed by atoms with Crippen LogP contribution in [0.2, 0.25) is 0 Å². The minimum atomic E-state index is 1.06. The molecule has 0 spiro atoms. The molecule has 0 aromatic rings. The summed E-state index contributed by atoms with van der Waals surface area (Å²) < 4.78 is 0. The lowest BCUT2D eigenvalue weighted by molar-refractivity contribution is 0.686. The lowest BCUT2D eigenvalue weighted by Crippen LogP contribution is -1.78. The van der Waals surface area contributed by atoms with Crippen molar-refractivity contribution in [3.63, 3.8) is 0 Å². The third-order valence-corrected chi connectivity index (χ3v) is 1.53. The Labute approximate surface area is 75.1 Å². The molecule has 0 bridgehead atoms. The summed E-state index contributed by atoms with van der Waals surface area (Å²) >= 11 is 0. The quantitative estimate of drug-likeness (QED) is 0.315. The molecular formula is C10H18N2. The lowest BCUT2D eigenvalue weighted by atomic mass is 10.2. The topological polar surface area (TPSA) is 24.7 Å². The molecule has 68 valence electrons. The van der Waals surface area contributed by atoms with Gasteiger partial charge in [-0.1, -0.05) is 32.8 Å². The molecule has 12 heavy (non-hydrogen) atoms. The molecule has 0 aliphatic rings. The van der Waals surface area contributed by atoms with Crippen molar-refractivity contribution in [2.45, 2.75) is 39.0 Å². The minimum Gasteiger partial charge on any atom is -0.249 e. The molecule has 0 saturated carbocycles. The molecule has 2 nitrogen and oxygen atoms in total. The molecule has 0 unspecified atom stereocenters. The van der Waals surface area contributed by atoms with Crippen LogP contribution in [0.1, 0.15) is 39.0 Å². The monoisotopic (exact) mass is 166 g/mol. The van der Waals surface area contributed by atoms with Gasteiger partial charge in [0.1, 0.15) is 6.34 Å². The van der Waals surface area contributed by atoms with E-state index in [1.807, 2.05) is 6.21 Å². The normalized spacial score (nSPS) is 11.4. The summed E-state index contributed by atoms with van der Waals surface area (Å²) in [6.07, 6.45) is 11.1. The van der Waals surface area contributed by atoms with Crippen molar-refractivity contribution in [1.82, 2.24) is 0 Å². The molecule has 0 amide bonds. The summed E-state index contributed by atoms with van der Waals surface area (Å²) in [5, 5.41) is 0. The van der Waals surface area contributed by atoms with Gasteiger partial charge in [-0.25, -0.2) is 9.98 Å². The standard InChI is InChI=1S/C10H18N2/c1-3-5-6-7-8-9-12-10-11-4-2/h4,9-10H,2-3,5-8H2,1H3. The fourth-order valence-electron chi connectivity index (χ4n) is 0.870. The van der Waals surface area contributed by atoms with Gasteiger partial charge >= 0.3 is 0 Å². The van der Waals surface area contributed by atoms with Crippen LogP contribution in [0.5, 0.6) is 0 Å². The third kappa shape index (κ3) is 9.08. The predicted octanol–water partition coefficient (Wildman–Crippen LogP) is 3.20. The van der Waals surface area contributed by atoms with Gasteiger partial charge in [0, 0.05) is 12.4 Å².